The molecule has 1 unspecified atom stereocenters. The van der Waals surface area contributed by atoms with Crippen molar-refractivity contribution in [3.05, 3.63) is 63.1 Å². The van der Waals surface area contributed by atoms with Gasteiger partial charge >= 0.3 is 0 Å². The molecule has 2 rings (SSSR count). The van der Waals surface area contributed by atoms with Gasteiger partial charge in [0.25, 0.3) is 0 Å². The standard InChI is InChI=1S/C16H16BrClO2/c1-11(19)8-12-2-6-15(7-3-12)20-10-13-4-5-14(17)9-16(13)18/h2-7,9,11,19H,8,10H2,1H3. The van der Waals surface area contributed by atoms with Crippen LogP contribution in [0.15, 0.2) is 46.9 Å². The average Bonchev–Trinajstić information content (AvgIpc) is 2.39. The molecule has 0 radical (unpaired) electrons. The molecule has 0 aliphatic heterocycles. The lowest BCUT2D eigenvalue weighted by atomic mass is 10.1. The van der Waals surface area contributed by atoms with Gasteiger partial charge in [-0.1, -0.05) is 45.7 Å². The number of rotatable bonds is 5. The lowest BCUT2D eigenvalue weighted by Crippen LogP contribution is -2.04. The first-order valence-electron chi connectivity index (χ1n) is 6.38. The second-order valence-corrected chi connectivity index (χ2v) is 6.04. The second-order valence-electron chi connectivity index (χ2n) is 4.72. The van der Waals surface area contributed by atoms with Crippen molar-refractivity contribution in [3.8, 4) is 5.75 Å². The van der Waals surface area contributed by atoms with Crippen molar-refractivity contribution in [1.82, 2.24) is 0 Å². The Labute approximate surface area is 132 Å². The molecule has 2 nitrogen and oxygen atoms in total. The number of hydrogen-bond donors (Lipinski definition) is 1. The summed E-state index contributed by atoms with van der Waals surface area (Å²) >= 11 is 9.51. The summed E-state index contributed by atoms with van der Waals surface area (Å²) < 4.78 is 6.66. The molecule has 0 saturated heterocycles. The fraction of sp³-hybridized carbons (Fsp3) is 0.250. The molecule has 0 saturated carbocycles. The van der Waals surface area contributed by atoms with Crippen molar-refractivity contribution >= 4 is 27.5 Å². The molecule has 4 heteroatoms. The molecule has 20 heavy (non-hydrogen) atoms. The van der Waals surface area contributed by atoms with Crippen LogP contribution in [0.1, 0.15) is 18.1 Å². The predicted molar refractivity (Wildman–Crippen MR) is 85.3 cm³/mol. The summed E-state index contributed by atoms with van der Waals surface area (Å²) in [5.74, 6) is 0.790. The first-order valence-corrected chi connectivity index (χ1v) is 7.55. The SMILES string of the molecule is CC(O)Cc1ccc(OCc2ccc(Br)cc2Cl)cc1. The third kappa shape index (κ3) is 4.51. The van der Waals surface area contributed by atoms with E-state index in [-0.39, 0.29) is 6.10 Å². The van der Waals surface area contributed by atoms with Crippen LogP contribution in [0.2, 0.25) is 5.02 Å². The lowest BCUT2D eigenvalue weighted by Gasteiger charge is -2.09. The Hall–Kier alpha value is -1.03. The number of aliphatic hydroxyl groups excluding tert-OH is 1. The van der Waals surface area contributed by atoms with Crippen LogP contribution in [0, 0.1) is 0 Å². The van der Waals surface area contributed by atoms with Crippen molar-refractivity contribution in [1.29, 1.82) is 0 Å². The van der Waals surface area contributed by atoms with Crippen molar-refractivity contribution in [3.63, 3.8) is 0 Å². The molecule has 0 spiro atoms. The third-order valence-electron chi connectivity index (χ3n) is 2.86. The average molecular weight is 356 g/mol. The maximum atomic E-state index is 9.33. The molecular weight excluding hydrogens is 340 g/mol. The van der Waals surface area contributed by atoms with E-state index in [0.29, 0.717) is 18.1 Å². The fourth-order valence-electron chi connectivity index (χ4n) is 1.86. The number of ether oxygens (including phenoxy) is 1. The summed E-state index contributed by atoms with van der Waals surface area (Å²) in [6.07, 6.45) is 0.321. The minimum Gasteiger partial charge on any atom is -0.489 e. The Morgan fingerprint density at radius 3 is 2.50 bits per heavy atom. The van der Waals surface area contributed by atoms with Gasteiger partial charge in [-0.2, -0.15) is 0 Å². The quantitative estimate of drug-likeness (QED) is 0.849. The van der Waals surface area contributed by atoms with E-state index in [1.165, 1.54) is 0 Å². The molecule has 0 heterocycles. The molecule has 2 aromatic rings. The van der Waals surface area contributed by atoms with E-state index >= 15 is 0 Å². The van der Waals surface area contributed by atoms with Gasteiger partial charge < -0.3 is 9.84 Å². The molecular formula is C16H16BrClO2. The zero-order valence-electron chi connectivity index (χ0n) is 11.1. The van der Waals surface area contributed by atoms with E-state index in [1.807, 2.05) is 42.5 Å². The highest BCUT2D eigenvalue weighted by molar-refractivity contribution is 9.10. The van der Waals surface area contributed by atoms with E-state index in [2.05, 4.69) is 15.9 Å². The Morgan fingerprint density at radius 2 is 1.90 bits per heavy atom. The Bertz CT molecular complexity index is 567. The number of benzene rings is 2. The molecule has 2 aromatic carbocycles. The minimum absolute atomic E-state index is 0.330. The van der Waals surface area contributed by atoms with E-state index < -0.39 is 0 Å². The largest absolute Gasteiger partial charge is 0.489 e. The normalized spacial score (nSPS) is 12.2. The Kier molecular flexibility index (Phi) is 5.46. The van der Waals surface area contributed by atoms with E-state index in [1.54, 1.807) is 6.92 Å². The van der Waals surface area contributed by atoms with Crippen LogP contribution in [0.4, 0.5) is 0 Å². The Balaban J connectivity index is 1.96. The van der Waals surface area contributed by atoms with Gasteiger partial charge in [0.05, 0.1) is 6.10 Å². The summed E-state index contributed by atoms with van der Waals surface area (Å²) in [5, 5.41) is 10.0. The molecule has 0 aliphatic carbocycles. The minimum atomic E-state index is -0.330. The number of halogens is 2. The first-order chi connectivity index (χ1) is 9.54. The highest BCUT2D eigenvalue weighted by Gasteiger charge is 2.03. The summed E-state index contributed by atoms with van der Waals surface area (Å²) in [6, 6.07) is 13.5. The smallest absolute Gasteiger partial charge is 0.119 e. The van der Waals surface area contributed by atoms with E-state index in [9.17, 15) is 5.11 Å². The molecule has 1 N–H and O–H groups in total. The zero-order chi connectivity index (χ0) is 14.5. The van der Waals surface area contributed by atoms with Crippen LogP contribution in [-0.4, -0.2) is 11.2 Å². The third-order valence-corrected chi connectivity index (χ3v) is 3.71. The van der Waals surface area contributed by atoms with Crippen LogP contribution in [0.5, 0.6) is 5.75 Å². The summed E-state index contributed by atoms with van der Waals surface area (Å²) in [6.45, 7) is 2.21. The fourth-order valence-corrected chi connectivity index (χ4v) is 2.59. The van der Waals surface area contributed by atoms with Gasteiger partial charge in [-0.3, -0.25) is 0 Å². The molecule has 106 valence electrons. The number of aliphatic hydroxyl groups is 1. The van der Waals surface area contributed by atoms with Crippen LogP contribution >= 0.6 is 27.5 Å². The zero-order valence-corrected chi connectivity index (χ0v) is 13.5. The van der Waals surface area contributed by atoms with Crippen LogP contribution in [-0.2, 0) is 13.0 Å². The van der Waals surface area contributed by atoms with Crippen molar-refractivity contribution in [2.45, 2.75) is 26.1 Å². The van der Waals surface area contributed by atoms with Crippen molar-refractivity contribution in [2.75, 3.05) is 0 Å². The summed E-state index contributed by atoms with van der Waals surface area (Å²) in [7, 11) is 0. The van der Waals surface area contributed by atoms with Crippen molar-refractivity contribution in [2.24, 2.45) is 0 Å². The van der Waals surface area contributed by atoms with Crippen LogP contribution < -0.4 is 4.74 Å². The van der Waals surface area contributed by atoms with Crippen molar-refractivity contribution < 1.29 is 9.84 Å². The molecule has 0 aromatic heterocycles. The highest BCUT2D eigenvalue weighted by atomic mass is 79.9. The van der Waals surface area contributed by atoms with Gasteiger partial charge in [0.1, 0.15) is 12.4 Å². The molecule has 0 aliphatic rings. The van der Waals surface area contributed by atoms with Crippen LogP contribution in [0.3, 0.4) is 0 Å². The summed E-state index contributed by atoms with van der Waals surface area (Å²) in [5.41, 5.74) is 2.04. The first kappa shape index (κ1) is 15.4. The van der Waals surface area contributed by atoms with Gasteiger partial charge in [-0.25, -0.2) is 0 Å². The van der Waals surface area contributed by atoms with Crippen LogP contribution in [0.25, 0.3) is 0 Å². The molecule has 0 fully saturated rings. The molecule has 0 bridgehead atoms. The monoisotopic (exact) mass is 354 g/mol. The van der Waals surface area contributed by atoms with Gasteiger partial charge in [-0.15, -0.1) is 0 Å². The summed E-state index contributed by atoms with van der Waals surface area (Å²) in [4.78, 5) is 0. The van der Waals surface area contributed by atoms with E-state index in [0.717, 1.165) is 21.3 Å². The van der Waals surface area contributed by atoms with Gasteiger partial charge in [0.15, 0.2) is 0 Å². The lowest BCUT2D eigenvalue weighted by molar-refractivity contribution is 0.195. The van der Waals surface area contributed by atoms with Gasteiger partial charge in [0.2, 0.25) is 0 Å². The predicted octanol–water partition coefficient (Wildman–Crippen LogP) is 4.60. The van der Waals surface area contributed by atoms with E-state index in [4.69, 9.17) is 16.3 Å². The van der Waals surface area contributed by atoms with Gasteiger partial charge in [0, 0.05) is 15.1 Å². The second kappa shape index (κ2) is 7.11. The maximum absolute atomic E-state index is 9.33. The highest BCUT2D eigenvalue weighted by Crippen LogP contribution is 2.23. The maximum Gasteiger partial charge on any atom is 0.119 e. The topological polar surface area (TPSA) is 29.5 Å². The number of hydrogen-bond acceptors (Lipinski definition) is 2. The molecule has 1 atom stereocenters. The molecule has 0 amide bonds. The Morgan fingerprint density at radius 1 is 1.20 bits per heavy atom. The van der Waals surface area contributed by atoms with Gasteiger partial charge in [-0.05, 0) is 43.2 Å².